The first-order chi connectivity index (χ1) is 18.6. The molecule has 0 aromatic rings. The second kappa shape index (κ2) is 19.5. The Morgan fingerprint density at radius 1 is 0.675 bits per heavy atom. The van der Waals surface area contributed by atoms with E-state index >= 15 is 0 Å². The van der Waals surface area contributed by atoms with Gasteiger partial charge in [0.15, 0.2) is 11.9 Å². The summed E-state index contributed by atoms with van der Waals surface area (Å²) >= 11 is 0. The van der Waals surface area contributed by atoms with Crippen LogP contribution in [0.25, 0.3) is 0 Å². The SMILES string of the molecule is CCCCCCCCCCCCOC(=O)C(CC(C)C(C)(C)C(CC(C)(C)C)C(=O)OCCON=O)C(C)(C)C. The Hall–Kier alpha value is -1.66. The molecule has 236 valence electrons. The third-order valence-corrected chi connectivity index (χ3v) is 8.40. The van der Waals surface area contributed by atoms with Gasteiger partial charge in [-0.2, -0.15) is 0 Å². The number of unbranched alkanes of at least 4 members (excludes halogenated alkanes) is 9. The van der Waals surface area contributed by atoms with E-state index in [1.165, 1.54) is 51.4 Å². The van der Waals surface area contributed by atoms with Crippen LogP contribution in [0.4, 0.5) is 0 Å². The Kier molecular flexibility index (Phi) is 18.7. The number of rotatable bonds is 22. The van der Waals surface area contributed by atoms with Crippen molar-refractivity contribution in [3.8, 4) is 0 Å². The number of carbonyl (C=O) groups is 2. The topological polar surface area (TPSA) is 91.3 Å². The Balaban J connectivity index is 5.06. The van der Waals surface area contributed by atoms with Crippen LogP contribution in [0, 0.1) is 38.9 Å². The summed E-state index contributed by atoms with van der Waals surface area (Å²) in [7, 11) is 0. The van der Waals surface area contributed by atoms with Crippen molar-refractivity contribution < 1.29 is 23.9 Å². The van der Waals surface area contributed by atoms with E-state index in [1.54, 1.807) is 0 Å². The van der Waals surface area contributed by atoms with Gasteiger partial charge in [-0.3, -0.25) is 9.59 Å². The largest absolute Gasteiger partial charge is 0.465 e. The van der Waals surface area contributed by atoms with Gasteiger partial charge in [-0.15, -0.1) is 4.91 Å². The lowest BCUT2D eigenvalue weighted by molar-refractivity contribution is -0.159. The maximum atomic E-state index is 13.3. The zero-order valence-corrected chi connectivity index (χ0v) is 27.7. The summed E-state index contributed by atoms with van der Waals surface area (Å²) in [6, 6.07) is 0. The molecule has 0 aliphatic carbocycles. The van der Waals surface area contributed by atoms with Crippen LogP contribution in [0.1, 0.15) is 146 Å². The van der Waals surface area contributed by atoms with Crippen molar-refractivity contribution in [1.82, 2.24) is 0 Å². The van der Waals surface area contributed by atoms with E-state index < -0.39 is 5.41 Å². The second-order valence-electron chi connectivity index (χ2n) is 14.6. The minimum absolute atomic E-state index is 0.0222. The third-order valence-electron chi connectivity index (χ3n) is 8.40. The fraction of sp³-hybridized carbons (Fsp3) is 0.939. The molecule has 0 rings (SSSR count). The van der Waals surface area contributed by atoms with E-state index in [4.69, 9.17) is 9.47 Å². The molecule has 0 aromatic heterocycles. The van der Waals surface area contributed by atoms with E-state index in [-0.39, 0.29) is 53.7 Å². The molecule has 0 aliphatic heterocycles. The molecule has 3 unspecified atom stereocenters. The summed E-state index contributed by atoms with van der Waals surface area (Å²) in [6.07, 6.45) is 13.7. The molecule has 0 N–H and O–H groups in total. The van der Waals surface area contributed by atoms with Crippen molar-refractivity contribution in [2.75, 3.05) is 19.8 Å². The van der Waals surface area contributed by atoms with Gasteiger partial charge in [-0.1, -0.05) is 127 Å². The van der Waals surface area contributed by atoms with Gasteiger partial charge in [-0.05, 0) is 41.4 Å². The lowest BCUT2D eigenvalue weighted by Crippen LogP contribution is -2.42. The molecule has 0 aliphatic rings. The summed E-state index contributed by atoms with van der Waals surface area (Å²) in [6.45, 7) is 21.5. The van der Waals surface area contributed by atoms with Gasteiger partial charge in [0.05, 0.1) is 18.4 Å². The van der Waals surface area contributed by atoms with Gasteiger partial charge in [0.2, 0.25) is 0 Å². The highest BCUT2D eigenvalue weighted by Crippen LogP contribution is 2.46. The van der Waals surface area contributed by atoms with Crippen LogP contribution >= 0.6 is 0 Å². The van der Waals surface area contributed by atoms with Gasteiger partial charge < -0.3 is 14.3 Å². The van der Waals surface area contributed by atoms with Crippen LogP contribution in [0.3, 0.4) is 0 Å². The predicted octanol–water partition coefficient (Wildman–Crippen LogP) is 9.46. The molecule has 7 heteroatoms. The molecule has 7 nitrogen and oxygen atoms in total. The summed E-state index contributed by atoms with van der Waals surface area (Å²) in [5, 5.41) is 2.36. The fourth-order valence-electron chi connectivity index (χ4n) is 5.25. The average Bonchev–Trinajstić information content (AvgIpc) is 2.85. The smallest absolute Gasteiger partial charge is 0.309 e. The summed E-state index contributed by atoms with van der Waals surface area (Å²) in [4.78, 5) is 41.1. The zero-order chi connectivity index (χ0) is 30.8. The van der Waals surface area contributed by atoms with Gasteiger partial charge in [0.1, 0.15) is 6.61 Å². The molecule has 0 amide bonds. The molecule has 3 atom stereocenters. The zero-order valence-electron chi connectivity index (χ0n) is 27.7. The number of hydrogen-bond acceptors (Lipinski definition) is 7. The van der Waals surface area contributed by atoms with Crippen molar-refractivity contribution in [2.45, 2.75) is 146 Å². The average molecular weight is 570 g/mol. The van der Waals surface area contributed by atoms with E-state index in [9.17, 15) is 14.5 Å². The molecule has 0 radical (unpaired) electrons. The number of nitrogens with zero attached hydrogens (tertiary/aromatic N) is 1. The number of ether oxygens (including phenoxy) is 2. The van der Waals surface area contributed by atoms with Gasteiger partial charge >= 0.3 is 11.9 Å². The van der Waals surface area contributed by atoms with Crippen LogP contribution in [0.5, 0.6) is 0 Å². The highest BCUT2D eigenvalue weighted by Gasteiger charge is 2.45. The van der Waals surface area contributed by atoms with E-state index in [1.807, 2.05) is 0 Å². The van der Waals surface area contributed by atoms with E-state index in [0.29, 0.717) is 19.4 Å². The Morgan fingerprint density at radius 2 is 1.15 bits per heavy atom. The minimum Gasteiger partial charge on any atom is -0.465 e. The summed E-state index contributed by atoms with van der Waals surface area (Å²) < 4.78 is 11.3. The minimum atomic E-state index is -0.436. The van der Waals surface area contributed by atoms with Gasteiger partial charge in [0.25, 0.3) is 0 Å². The first-order valence-corrected chi connectivity index (χ1v) is 15.9. The molecule has 0 saturated heterocycles. The maximum Gasteiger partial charge on any atom is 0.309 e. The molecule has 0 spiro atoms. The monoisotopic (exact) mass is 569 g/mol. The van der Waals surface area contributed by atoms with Crippen LogP contribution in [0.15, 0.2) is 5.34 Å². The third kappa shape index (κ3) is 16.6. The Morgan fingerprint density at radius 3 is 1.62 bits per heavy atom. The van der Waals surface area contributed by atoms with Gasteiger partial charge in [-0.25, -0.2) is 0 Å². The van der Waals surface area contributed by atoms with Crippen molar-refractivity contribution in [3.63, 3.8) is 0 Å². The lowest BCUT2D eigenvalue weighted by Gasteiger charge is -2.43. The molecule has 0 saturated carbocycles. The quantitative estimate of drug-likeness (QED) is 0.0558. The Bertz CT molecular complexity index is 707. The molecule has 0 heterocycles. The lowest BCUT2D eigenvalue weighted by atomic mass is 9.62. The van der Waals surface area contributed by atoms with Crippen LogP contribution in [-0.2, 0) is 23.9 Å². The van der Waals surface area contributed by atoms with Crippen molar-refractivity contribution in [1.29, 1.82) is 0 Å². The first-order valence-electron chi connectivity index (χ1n) is 15.9. The fourth-order valence-corrected chi connectivity index (χ4v) is 5.25. The molecule has 0 bridgehead atoms. The number of carbonyl (C=O) groups excluding carboxylic acids is 2. The van der Waals surface area contributed by atoms with Gasteiger partial charge in [0, 0.05) is 0 Å². The normalized spacial score (nSPS) is 14.8. The standard InChI is InChI=1S/C33H63NO6/c1-11-12-13-14-15-16-17-18-19-20-21-38-29(35)27(32(6,7)8)24-26(2)33(9,10)28(25-31(3,4)5)30(36)39-22-23-40-34-37/h26-28H,11-25H2,1-10H3. The Labute approximate surface area is 246 Å². The molecular weight excluding hydrogens is 506 g/mol. The molecular formula is C33H63NO6. The van der Waals surface area contributed by atoms with Crippen LogP contribution < -0.4 is 0 Å². The predicted molar refractivity (Wildman–Crippen MR) is 164 cm³/mol. The summed E-state index contributed by atoms with van der Waals surface area (Å²) in [5.74, 6) is -1.05. The van der Waals surface area contributed by atoms with Crippen molar-refractivity contribution in [2.24, 2.45) is 39.3 Å². The van der Waals surface area contributed by atoms with Crippen LogP contribution in [-0.4, -0.2) is 31.8 Å². The first kappa shape index (κ1) is 38.3. The van der Waals surface area contributed by atoms with Crippen molar-refractivity contribution in [3.05, 3.63) is 4.91 Å². The highest BCUT2D eigenvalue weighted by molar-refractivity contribution is 5.74. The molecule has 0 aromatic carbocycles. The van der Waals surface area contributed by atoms with E-state index in [0.717, 1.165) is 12.8 Å². The van der Waals surface area contributed by atoms with E-state index in [2.05, 4.69) is 79.4 Å². The van der Waals surface area contributed by atoms with Crippen LogP contribution in [0.2, 0.25) is 0 Å². The van der Waals surface area contributed by atoms with Crippen molar-refractivity contribution >= 4 is 11.9 Å². The number of esters is 2. The second-order valence-corrected chi connectivity index (χ2v) is 14.6. The molecule has 0 fully saturated rings. The maximum absolute atomic E-state index is 13.3. The number of hydrogen-bond donors (Lipinski definition) is 0. The highest BCUT2D eigenvalue weighted by atomic mass is 16.7. The molecule has 40 heavy (non-hydrogen) atoms. The summed E-state index contributed by atoms with van der Waals surface area (Å²) in [5.41, 5.74) is -0.800.